The van der Waals surface area contributed by atoms with Crippen LogP contribution < -0.4 is 0 Å². The van der Waals surface area contributed by atoms with Gasteiger partial charge in [0.2, 0.25) is 0 Å². The van der Waals surface area contributed by atoms with E-state index in [1.54, 1.807) is 6.92 Å². The van der Waals surface area contributed by atoms with Crippen LogP contribution in [0.4, 0.5) is 0 Å². The Morgan fingerprint density at radius 3 is 2.71 bits per heavy atom. The minimum absolute atomic E-state index is 0.100. The van der Waals surface area contributed by atoms with Gasteiger partial charge in [-0.1, -0.05) is 6.42 Å². The lowest BCUT2D eigenvalue weighted by molar-refractivity contribution is -0.150. The Balaban J connectivity index is 2.56. The molecule has 0 radical (unpaired) electrons. The van der Waals surface area contributed by atoms with E-state index in [4.69, 9.17) is 4.74 Å². The molecule has 100 valence electrons. The van der Waals surface area contributed by atoms with Gasteiger partial charge in [0.05, 0.1) is 12.4 Å². The van der Waals surface area contributed by atoms with Crippen molar-refractivity contribution in [3.8, 4) is 0 Å². The maximum absolute atomic E-state index is 11.7. The molecule has 1 unspecified atom stereocenters. The predicted molar refractivity (Wildman–Crippen MR) is 65.6 cm³/mol. The molecule has 1 aliphatic heterocycles. The van der Waals surface area contributed by atoms with E-state index < -0.39 is 9.84 Å². The van der Waals surface area contributed by atoms with E-state index in [1.165, 1.54) is 6.26 Å². The van der Waals surface area contributed by atoms with Gasteiger partial charge in [-0.05, 0) is 26.3 Å². The van der Waals surface area contributed by atoms with Crippen molar-refractivity contribution in [3.05, 3.63) is 0 Å². The zero-order valence-corrected chi connectivity index (χ0v) is 11.3. The van der Waals surface area contributed by atoms with Crippen LogP contribution in [0.25, 0.3) is 0 Å². The number of esters is 1. The number of carbonyl (C=O) groups is 1. The number of hydrogen-bond acceptors (Lipinski definition) is 5. The molecule has 1 rings (SSSR count). The number of piperidine rings is 1. The summed E-state index contributed by atoms with van der Waals surface area (Å²) in [6.45, 7) is 3.35. The number of nitrogens with zero attached hydrogens (tertiary/aromatic N) is 1. The topological polar surface area (TPSA) is 63.7 Å². The van der Waals surface area contributed by atoms with E-state index in [2.05, 4.69) is 0 Å². The fourth-order valence-corrected chi connectivity index (χ4v) is 2.61. The Bertz CT molecular complexity index is 352. The third-order valence-corrected chi connectivity index (χ3v) is 3.85. The highest BCUT2D eigenvalue weighted by molar-refractivity contribution is 7.90. The Kier molecular flexibility index (Phi) is 5.39. The maximum atomic E-state index is 11.7. The number of ether oxygens (including phenoxy) is 1. The first-order chi connectivity index (χ1) is 7.94. The monoisotopic (exact) mass is 263 g/mol. The van der Waals surface area contributed by atoms with Gasteiger partial charge in [0.15, 0.2) is 0 Å². The molecule has 1 fully saturated rings. The highest BCUT2D eigenvalue weighted by Crippen LogP contribution is 2.18. The standard InChI is InChI=1S/C11H21NO4S/c1-3-16-11(13)10-6-4-5-7-12(10)8-9-17(2,14)15/h10H,3-9H2,1-2H3. The summed E-state index contributed by atoms with van der Waals surface area (Å²) in [7, 11) is -2.98. The number of carbonyl (C=O) groups excluding carboxylic acids is 1. The van der Waals surface area contributed by atoms with Crippen LogP contribution >= 0.6 is 0 Å². The fourth-order valence-electron chi connectivity index (χ4n) is 2.05. The van der Waals surface area contributed by atoms with Gasteiger partial charge in [0, 0.05) is 12.8 Å². The molecule has 17 heavy (non-hydrogen) atoms. The first kappa shape index (κ1) is 14.4. The molecule has 1 saturated heterocycles. The molecule has 0 aromatic heterocycles. The quantitative estimate of drug-likeness (QED) is 0.674. The van der Waals surface area contributed by atoms with Gasteiger partial charge in [-0.3, -0.25) is 9.69 Å². The second kappa shape index (κ2) is 6.35. The van der Waals surface area contributed by atoms with E-state index in [-0.39, 0.29) is 17.8 Å². The van der Waals surface area contributed by atoms with Crippen LogP contribution in [-0.2, 0) is 19.4 Å². The summed E-state index contributed by atoms with van der Waals surface area (Å²) in [5.74, 6) is -0.121. The summed E-state index contributed by atoms with van der Waals surface area (Å²) in [6, 6.07) is -0.259. The van der Waals surface area contributed by atoms with Crippen LogP contribution in [0.5, 0.6) is 0 Å². The lowest BCUT2D eigenvalue weighted by Gasteiger charge is -2.33. The third kappa shape index (κ3) is 5.04. The van der Waals surface area contributed by atoms with Crippen molar-refractivity contribution >= 4 is 15.8 Å². The van der Waals surface area contributed by atoms with Gasteiger partial charge in [0.1, 0.15) is 15.9 Å². The van der Waals surface area contributed by atoms with E-state index in [0.717, 1.165) is 25.8 Å². The molecule has 0 aromatic carbocycles. The largest absolute Gasteiger partial charge is 0.465 e. The summed E-state index contributed by atoms with van der Waals surface area (Å²) < 4.78 is 27.3. The zero-order chi connectivity index (χ0) is 12.9. The van der Waals surface area contributed by atoms with Crippen LogP contribution in [-0.4, -0.2) is 57.0 Å². The summed E-state index contributed by atoms with van der Waals surface area (Å²) in [5.41, 5.74) is 0. The SMILES string of the molecule is CCOC(=O)C1CCCCN1CCS(C)(=O)=O. The van der Waals surface area contributed by atoms with E-state index in [9.17, 15) is 13.2 Å². The van der Waals surface area contributed by atoms with Gasteiger partial charge < -0.3 is 4.74 Å². The molecule has 1 heterocycles. The third-order valence-electron chi connectivity index (χ3n) is 2.92. The number of sulfone groups is 1. The Morgan fingerprint density at radius 2 is 2.12 bits per heavy atom. The summed E-state index contributed by atoms with van der Waals surface area (Å²) in [4.78, 5) is 13.7. The molecule has 0 N–H and O–H groups in total. The van der Waals surface area contributed by atoms with Crippen LogP contribution in [0.3, 0.4) is 0 Å². The molecular formula is C11H21NO4S. The van der Waals surface area contributed by atoms with Crippen LogP contribution in [0.1, 0.15) is 26.2 Å². The van der Waals surface area contributed by atoms with Gasteiger partial charge in [-0.25, -0.2) is 8.42 Å². The Morgan fingerprint density at radius 1 is 1.41 bits per heavy atom. The molecule has 0 aromatic rings. The predicted octanol–water partition coefficient (Wildman–Crippen LogP) is 0.449. The summed E-state index contributed by atoms with van der Waals surface area (Å²) >= 11 is 0. The lowest BCUT2D eigenvalue weighted by atomic mass is 10.0. The average Bonchev–Trinajstić information content (AvgIpc) is 2.26. The minimum atomic E-state index is -2.98. The minimum Gasteiger partial charge on any atom is -0.465 e. The van der Waals surface area contributed by atoms with Crippen LogP contribution in [0.15, 0.2) is 0 Å². The second-order valence-electron chi connectivity index (χ2n) is 4.43. The number of hydrogen-bond donors (Lipinski definition) is 0. The van der Waals surface area contributed by atoms with Crippen molar-refractivity contribution in [3.63, 3.8) is 0 Å². The Labute approximate surface area is 103 Å². The molecule has 0 aliphatic carbocycles. The van der Waals surface area contributed by atoms with Gasteiger partial charge in [0.25, 0.3) is 0 Å². The average molecular weight is 263 g/mol. The van der Waals surface area contributed by atoms with Crippen molar-refractivity contribution < 1.29 is 17.9 Å². The van der Waals surface area contributed by atoms with Gasteiger partial charge in [-0.15, -0.1) is 0 Å². The van der Waals surface area contributed by atoms with Crippen LogP contribution in [0, 0.1) is 0 Å². The van der Waals surface area contributed by atoms with Crippen LogP contribution in [0.2, 0.25) is 0 Å². The van der Waals surface area contributed by atoms with Crippen molar-refractivity contribution in [2.75, 3.05) is 31.7 Å². The van der Waals surface area contributed by atoms with E-state index in [0.29, 0.717) is 13.2 Å². The molecule has 5 nitrogen and oxygen atoms in total. The molecule has 1 atom stereocenters. The number of likely N-dealkylation sites (tertiary alicyclic amines) is 1. The summed E-state index contributed by atoms with van der Waals surface area (Å²) in [6.07, 6.45) is 4.00. The fraction of sp³-hybridized carbons (Fsp3) is 0.909. The number of rotatable bonds is 5. The zero-order valence-electron chi connectivity index (χ0n) is 10.5. The van der Waals surface area contributed by atoms with Crippen molar-refractivity contribution in [1.82, 2.24) is 4.90 Å². The first-order valence-electron chi connectivity index (χ1n) is 6.02. The Hall–Kier alpha value is -0.620. The van der Waals surface area contributed by atoms with Crippen molar-refractivity contribution in [2.45, 2.75) is 32.2 Å². The highest BCUT2D eigenvalue weighted by Gasteiger charge is 2.29. The molecule has 0 amide bonds. The molecule has 6 heteroatoms. The van der Waals surface area contributed by atoms with Crippen molar-refractivity contribution in [1.29, 1.82) is 0 Å². The molecule has 0 spiro atoms. The maximum Gasteiger partial charge on any atom is 0.323 e. The molecular weight excluding hydrogens is 242 g/mol. The molecule has 1 aliphatic rings. The first-order valence-corrected chi connectivity index (χ1v) is 8.08. The smallest absolute Gasteiger partial charge is 0.323 e. The summed E-state index contributed by atoms with van der Waals surface area (Å²) in [5, 5.41) is 0. The van der Waals surface area contributed by atoms with E-state index in [1.807, 2.05) is 4.90 Å². The van der Waals surface area contributed by atoms with Gasteiger partial charge >= 0.3 is 5.97 Å². The highest BCUT2D eigenvalue weighted by atomic mass is 32.2. The molecule has 0 bridgehead atoms. The molecule has 0 saturated carbocycles. The second-order valence-corrected chi connectivity index (χ2v) is 6.69. The normalized spacial score (nSPS) is 22.4. The van der Waals surface area contributed by atoms with Crippen molar-refractivity contribution in [2.24, 2.45) is 0 Å². The lowest BCUT2D eigenvalue weighted by Crippen LogP contribution is -2.47. The van der Waals surface area contributed by atoms with E-state index >= 15 is 0 Å². The van der Waals surface area contributed by atoms with Gasteiger partial charge in [-0.2, -0.15) is 0 Å².